The van der Waals surface area contributed by atoms with E-state index in [4.69, 9.17) is 4.74 Å². The van der Waals surface area contributed by atoms with E-state index in [1.165, 1.54) is 11.8 Å². The first kappa shape index (κ1) is 21.5. The number of rotatable bonds is 5. The average molecular weight is 466 g/mol. The van der Waals surface area contributed by atoms with Crippen molar-refractivity contribution in [3.63, 3.8) is 0 Å². The Bertz CT molecular complexity index is 1290. The molecule has 4 aliphatic rings. The lowest BCUT2D eigenvalue weighted by molar-refractivity contribution is -0.141. The number of ether oxygens (including phenoxy) is 1. The highest BCUT2D eigenvalue weighted by Gasteiger charge is 2.61. The monoisotopic (exact) mass is 465 g/mol. The van der Waals surface area contributed by atoms with Crippen LogP contribution in [0.1, 0.15) is 57.8 Å². The van der Waals surface area contributed by atoms with Crippen LogP contribution in [0.2, 0.25) is 0 Å². The van der Waals surface area contributed by atoms with Crippen LogP contribution in [0.4, 0.5) is 0 Å². The third-order valence-corrected chi connectivity index (χ3v) is 7.57. The van der Waals surface area contributed by atoms with Gasteiger partial charge in [-0.1, -0.05) is 60.7 Å². The molecule has 0 N–H and O–H groups in total. The molecule has 2 amide bonds. The average Bonchev–Trinajstić information content (AvgIpc) is 3.13. The van der Waals surface area contributed by atoms with Gasteiger partial charge < -0.3 is 4.74 Å². The minimum atomic E-state index is -0.594. The molecular weight excluding hydrogens is 442 g/mol. The van der Waals surface area contributed by atoms with Crippen LogP contribution in [-0.2, 0) is 14.4 Å². The second-order valence-electron chi connectivity index (χ2n) is 9.37. The van der Waals surface area contributed by atoms with Crippen molar-refractivity contribution in [3.8, 4) is 5.75 Å². The summed E-state index contributed by atoms with van der Waals surface area (Å²) in [6.07, 6.45) is -0.140. The summed E-state index contributed by atoms with van der Waals surface area (Å²) in [6.45, 7) is 1.36. The SMILES string of the molecule is CC(=O)c1ccccc1OC(=O)CCN1C(=O)[C@@H]2C3c4ccccc4C(c4ccccc43)[C@@H]2C1=O. The molecule has 0 spiro atoms. The second kappa shape index (κ2) is 8.01. The van der Waals surface area contributed by atoms with E-state index in [2.05, 4.69) is 24.3 Å². The molecule has 1 aliphatic heterocycles. The molecule has 3 aromatic carbocycles. The van der Waals surface area contributed by atoms with Crippen molar-refractivity contribution in [3.05, 3.63) is 101 Å². The van der Waals surface area contributed by atoms with Gasteiger partial charge in [-0.25, -0.2) is 0 Å². The van der Waals surface area contributed by atoms with Gasteiger partial charge in [-0.2, -0.15) is 0 Å². The predicted octanol–water partition coefficient (Wildman–Crippen LogP) is 4.08. The fourth-order valence-electron chi connectivity index (χ4n) is 6.18. The van der Waals surface area contributed by atoms with E-state index in [1.807, 2.05) is 24.3 Å². The molecule has 174 valence electrons. The first-order valence-electron chi connectivity index (χ1n) is 11.8. The van der Waals surface area contributed by atoms with Gasteiger partial charge in [0, 0.05) is 18.4 Å². The lowest BCUT2D eigenvalue weighted by Crippen LogP contribution is -2.41. The number of benzene rings is 3. The number of imide groups is 1. The number of esters is 1. The minimum Gasteiger partial charge on any atom is -0.426 e. The fourth-order valence-corrected chi connectivity index (χ4v) is 6.18. The summed E-state index contributed by atoms with van der Waals surface area (Å²) in [5.74, 6) is -2.35. The van der Waals surface area contributed by atoms with Gasteiger partial charge >= 0.3 is 5.97 Å². The summed E-state index contributed by atoms with van der Waals surface area (Å²) in [5.41, 5.74) is 4.76. The Balaban J connectivity index is 1.26. The van der Waals surface area contributed by atoms with Crippen LogP contribution in [-0.4, -0.2) is 35.0 Å². The topological polar surface area (TPSA) is 80.8 Å². The fraction of sp³-hybridized carbons (Fsp3) is 0.241. The van der Waals surface area contributed by atoms with Crippen molar-refractivity contribution in [2.24, 2.45) is 11.8 Å². The zero-order valence-corrected chi connectivity index (χ0v) is 19.1. The third-order valence-electron chi connectivity index (χ3n) is 7.57. The quantitative estimate of drug-likeness (QED) is 0.246. The van der Waals surface area contributed by atoms with Gasteiger partial charge in [-0.15, -0.1) is 0 Å². The number of hydrogen-bond donors (Lipinski definition) is 0. The molecule has 1 heterocycles. The van der Waals surface area contributed by atoms with Crippen molar-refractivity contribution in [1.29, 1.82) is 0 Å². The Hall–Kier alpha value is -4.06. The molecule has 3 aliphatic carbocycles. The number of nitrogens with zero attached hydrogens (tertiary/aromatic N) is 1. The minimum absolute atomic E-state index is 0.0438. The zero-order valence-electron chi connectivity index (χ0n) is 19.1. The van der Waals surface area contributed by atoms with Crippen LogP contribution in [0.5, 0.6) is 5.75 Å². The van der Waals surface area contributed by atoms with Crippen LogP contribution >= 0.6 is 0 Å². The lowest BCUT2D eigenvalue weighted by Gasteiger charge is -2.45. The Morgan fingerprint density at radius 2 is 1.20 bits per heavy atom. The number of Topliss-reactive ketones (excluding diaryl/α,β-unsaturated/α-hetero) is 1. The molecule has 1 fully saturated rings. The number of amides is 2. The van der Waals surface area contributed by atoms with Crippen LogP contribution < -0.4 is 4.74 Å². The number of hydrogen-bond acceptors (Lipinski definition) is 5. The van der Waals surface area contributed by atoms with Crippen molar-refractivity contribution in [2.45, 2.75) is 25.2 Å². The van der Waals surface area contributed by atoms with Gasteiger partial charge in [-0.05, 0) is 41.3 Å². The standard InChI is InChI=1S/C29H23NO5/c1-16(31)17-8-6-7-13-22(17)35-23(32)14-15-30-28(33)26-24-18-9-2-3-10-19(18)25(27(26)29(30)34)21-12-5-4-11-20(21)24/h2-13,24-27H,14-15H2,1H3/t24?,25?,26-,27+. The smallest absolute Gasteiger partial charge is 0.313 e. The molecule has 6 nitrogen and oxygen atoms in total. The van der Waals surface area contributed by atoms with Crippen molar-refractivity contribution >= 4 is 23.6 Å². The van der Waals surface area contributed by atoms with Gasteiger partial charge in [0.2, 0.25) is 11.8 Å². The second-order valence-corrected chi connectivity index (χ2v) is 9.37. The Morgan fingerprint density at radius 1 is 0.743 bits per heavy atom. The molecule has 0 saturated carbocycles. The van der Waals surface area contributed by atoms with Crippen molar-refractivity contribution in [1.82, 2.24) is 4.90 Å². The summed E-state index contributed by atoms with van der Waals surface area (Å²) in [5, 5.41) is 0. The molecule has 0 unspecified atom stereocenters. The number of para-hydroxylation sites is 1. The van der Waals surface area contributed by atoms with Gasteiger partial charge in [0.15, 0.2) is 5.78 Å². The maximum atomic E-state index is 13.6. The Morgan fingerprint density at radius 3 is 1.69 bits per heavy atom. The molecule has 0 aromatic heterocycles. The highest BCUT2D eigenvalue weighted by molar-refractivity contribution is 6.08. The summed E-state index contributed by atoms with van der Waals surface area (Å²) >= 11 is 0. The van der Waals surface area contributed by atoms with Gasteiger partial charge in [0.25, 0.3) is 0 Å². The van der Waals surface area contributed by atoms with E-state index in [9.17, 15) is 19.2 Å². The number of carbonyl (C=O) groups excluding carboxylic acids is 4. The molecule has 1 saturated heterocycles. The maximum Gasteiger partial charge on any atom is 0.313 e. The van der Waals surface area contributed by atoms with Crippen LogP contribution in [0.15, 0.2) is 72.8 Å². The highest BCUT2D eigenvalue weighted by Crippen LogP contribution is 2.60. The number of likely N-dealkylation sites (tertiary alicyclic amines) is 1. The summed E-state index contributed by atoms with van der Waals surface area (Å²) < 4.78 is 5.40. The lowest BCUT2D eigenvalue weighted by atomic mass is 9.55. The zero-order chi connectivity index (χ0) is 24.3. The summed E-state index contributed by atoms with van der Waals surface area (Å²) in [7, 11) is 0. The highest BCUT2D eigenvalue weighted by atomic mass is 16.5. The molecule has 2 bridgehead atoms. The molecule has 7 rings (SSSR count). The van der Waals surface area contributed by atoms with E-state index in [0.717, 1.165) is 22.3 Å². The van der Waals surface area contributed by atoms with Gasteiger partial charge in [0.1, 0.15) is 5.75 Å². The predicted molar refractivity (Wildman–Crippen MR) is 127 cm³/mol. The molecule has 2 atom stereocenters. The van der Waals surface area contributed by atoms with E-state index in [1.54, 1.807) is 24.3 Å². The van der Waals surface area contributed by atoms with Crippen LogP contribution in [0, 0.1) is 11.8 Å². The number of ketones is 1. The van der Waals surface area contributed by atoms with Crippen molar-refractivity contribution in [2.75, 3.05) is 6.54 Å². The molecule has 0 radical (unpaired) electrons. The normalized spacial score (nSPS) is 23.5. The van der Waals surface area contributed by atoms with E-state index in [0.29, 0.717) is 5.56 Å². The Labute approximate surface area is 202 Å². The van der Waals surface area contributed by atoms with Crippen LogP contribution in [0.3, 0.4) is 0 Å². The van der Waals surface area contributed by atoms with E-state index < -0.39 is 17.8 Å². The summed E-state index contributed by atoms with van der Waals surface area (Å²) in [4.78, 5) is 52.8. The van der Waals surface area contributed by atoms with E-state index in [-0.39, 0.29) is 48.1 Å². The maximum absolute atomic E-state index is 13.6. The molecule has 35 heavy (non-hydrogen) atoms. The summed E-state index contributed by atoms with van der Waals surface area (Å²) in [6, 6.07) is 22.7. The van der Waals surface area contributed by atoms with E-state index >= 15 is 0 Å². The molecule has 6 heteroatoms. The largest absolute Gasteiger partial charge is 0.426 e. The van der Waals surface area contributed by atoms with Crippen LogP contribution in [0.25, 0.3) is 0 Å². The first-order valence-corrected chi connectivity index (χ1v) is 11.8. The molecule has 3 aromatic rings. The first-order chi connectivity index (χ1) is 17.0. The van der Waals surface area contributed by atoms with Gasteiger partial charge in [0.05, 0.1) is 23.8 Å². The van der Waals surface area contributed by atoms with Gasteiger partial charge in [-0.3, -0.25) is 24.1 Å². The van der Waals surface area contributed by atoms with Crippen molar-refractivity contribution < 1.29 is 23.9 Å². The Kier molecular flexibility index (Phi) is 4.92. The molecular formula is C29H23NO5. The number of carbonyl (C=O) groups is 4. The third kappa shape index (κ3) is 3.16.